The lowest BCUT2D eigenvalue weighted by Crippen LogP contribution is -2.25. The Morgan fingerprint density at radius 1 is 1.09 bits per heavy atom. The van der Waals surface area contributed by atoms with Crippen LogP contribution >= 0.6 is 11.8 Å². The van der Waals surface area contributed by atoms with Crippen molar-refractivity contribution in [2.45, 2.75) is 58.4 Å². The van der Waals surface area contributed by atoms with Gasteiger partial charge in [0.2, 0.25) is 5.91 Å². The number of aromatic nitrogens is 4. The van der Waals surface area contributed by atoms with Gasteiger partial charge in [-0.15, -0.1) is 0 Å². The highest BCUT2D eigenvalue weighted by molar-refractivity contribution is 7.98. The van der Waals surface area contributed by atoms with E-state index in [1.54, 1.807) is 26.0 Å². The highest BCUT2D eigenvalue weighted by atomic mass is 32.2. The Bertz CT molecular complexity index is 1150. The summed E-state index contributed by atoms with van der Waals surface area (Å²) in [5.74, 6) is -0.335. The summed E-state index contributed by atoms with van der Waals surface area (Å²) < 4.78 is 42.7. The van der Waals surface area contributed by atoms with Crippen LogP contribution in [0.5, 0.6) is 0 Å². The summed E-state index contributed by atoms with van der Waals surface area (Å²) in [5.41, 5.74) is 3.48. The quantitative estimate of drug-likeness (QED) is 0.388. The fourth-order valence-corrected chi connectivity index (χ4v) is 4.14. The van der Waals surface area contributed by atoms with E-state index >= 15 is 0 Å². The zero-order valence-electron chi connectivity index (χ0n) is 19.2. The van der Waals surface area contributed by atoms with E-state index in [9.17, 15) is 18.0 Å². The van der Waals surface area contributed by atoms with E-state index in [4.69, 9.17) is 0 Å². The maximum Gasteiger partial charge on any atom is 0.416 e. The van der Waals surface area contributed by atoms with Crippen LogP contribution in [0.2, 0.25) is 0 Å². The topological polar surface area (TPSA) is 72.7 Å². The maximum absolute atomic E-state index is 13.7. The Labute approximate surface area is 195 Å². The Morgan fingerprint density at radius 2 is 1.76 bits per heavy atom. The number of rotatable bonds is 7. The summed E-state index contributed by atoms with van der Waals surface area (Å²) in [6, 6.07) is 5.83. The number of hydrogen-bond donors (Lipinski definition) is 1. The highest BCUT2D eigenvalue weighted by Crippen LogP contribution is 2.33. The van der Waals surface area contributed by atoms with Gasteiger partial charge in [0.1, 0.15) is 0 Å². The van der Waals surface area contributed by atoms with Gasteiger partial charge in [0.25, 0.3) is 0 Å². The number of nitrogens with zero attached hydrogens (tertiary/aromatic N) is 4. The predicted octanol–water partition coefficient (Wildman–Crippen LogP) is 4.89. The van der Waals surface area contributed by atoms with Crippen molar-refractivity contribution in [2.75, 3.05) is 6.26 Å². The van der Waals surface area contributed by atoms with Crippen LogP contribution < -0.4 is 5.32 Å². The van der Waals surface area contributed by atoms with Gasteiger partial charge in [0.15, 0.2) is 5.16 Å². The molecule has 2 heterocycles. The molecule has 2 aromatic heterocycles. The Kier molecular flexibility index (Phi) is 7.46. The molecular weight excluding hydrogens is 451 g/mol. The Hall–Kier alpha value is -2.88. The maximum atomic E-state index is 13.7. The minimum atomic E-state index is -4.56. The minimum absolute atomic E-state index is 0.00106. The molecule has 0 aliphatic heterocycles. The van der Waals surface area contributed by atoms with Gasteiger partial charge in [-0.05, 0) is 69.7 Å². The second-order valence-electron chi connectivity index (χ2n) is 7.81. The lowest BCUT2D eigenvalue weighted by molar-refractivity contribution is -0.138. The molecule has 0 aliphatic carbocycles. The largest absolute Gasteiger partial charge is 0.416 e. The van der Waals surface area contributed by atoms with Crippen molar-refractivity contribution in [2.24, 2.45) is 0 Å². The molecule has 1 N–H and O–H groups in total. The number of benzene rings is 1. The molecule has 0 fully saturated rings. The van der Waals surface area contributed by atoms with Crippen LogP contribution in [0.25, 0.3) is 5.69 Å². The second-order valence-corrected chi connectivity index (χ2v) is 8.59. The molecule has 33 heavy (non-hydrogen) atoms. The molecule has 0 bridgehead atoms. The molecule has 176 valence electrons. The summed E-state index contributed by atoms with van der Waals surface area (Å²) in [7, 11) is 0. The van der Waals surface area contributed by atoms with Crippen LogP contribution in [-0.2, 0) is 23.9 Å². The molecular formula is C23H26F3N5OS. The summed E-state index contributed by atoms with van der Waals surface area (Å²) in [6.07, 6.45) is -2.12. The van der Waals surface area contributed by atoms with Crippen LogP contribution in [0, 0.1) is 27.7 Å². The fraction of sp³-hybridized carbons (Fsp3) is 0.391. The van der Waals surface area contributed by atoms with Crippen molar-refractivity contribution in [3.8, 4) is 5.69 Å². The third-order valence-corrected chi connectivity index (χ3v) is 5.86. The number of nitrogens with one attached hydrogen (secondary N) is 1. The van der Waals surface area contributed by atoms with Crippen molar-refractivity contribution in [3.05, 3.63) is 63.7 Å². The lowest BCUT2D eigenvalue weighted by atomic mass is 10.0. The first-order valence-corrected chi connectivity index (χ1v) is 11.6. The molecule has 10 heteroatoms. The Morgan fingerprint density at radius 3 is 2.30 bits per heavy atom. The normalized spacial score (nSPS) is 11.6. The van der Waals surface area contributed by atoms with Crippen molar-refractivity contribution in [3.63, 3.8) is 0 Å². The summed E-state index contributed by atoms with van der Waals surface area (Å²) in [4.78, 5) is 21.2. The van der Waals surface area contributed by atoms with Gasteiger partial charge >= 0.3 is 6.18 Å². The lowest BCUT2D eigenvalue weighted by Gasteiger charge is -2.16. The Balaban J connectivity index is 1.72. The minimum Gasteiger partial charge on any atom is -0.352 e. The van der Waals surface area contributed by atoms with Gasteiger partial charge in [0, 0.05) is 30.0 Å². The molecule has 0 aliphatic rings. The first kappa shape index (κ1) is 24.8. The molecule has 0 unspecified atom stereocenters. The summed E-state index contributed by atoms with van der Waals surface area (Å²) in [5, 5.41) is 7.53. The average molecular weight is 478 g/mol. The number of thioether (sulfide) groups is 1. The number of halogens is 3. The SMILES string of the molecule is CSc1nc(C)c(CCC(=O)NCc2ccc(-n3nc(C)cc3C)cc2C(F)(F)F)c(C)n1. The van der Waals surface area contributed by atoms with Crippen LogP contribution in [0.15, 0.2) is 29.4 Å². The summed E-state index contributed by atoms with van der Waals surface area (Å²) in [6.45, 7) is 7.07. The van der Waals surface area contributed by atoms with E-state index in [1.165, 1.54) is 22.5 Å². The first-order valence-electron chi connectivity index (χ1n) is 10.4. The van der Waals surface area contributed by atoms with Gasteiger partial charge in [-0.3, -0.25) is 4.79 Å². The molecule has 0 saturated heterocycles. The van der Waals surface area contributed by atoms with E-state index in [0.29, 0.717) is 17.3 Å². The monoisotopic (exact) mass is 477 g/mol. The van der Waals surface area contributed by atoms with Crippen LogP contribution in [-0.4, -0.2) is 31.9 Å². The molecule has 1 amide bonds. The highest BCUT2D eigenvalue weighted by Gasteiger charge is 2.34. The average Bonchev–Trinajstić information content (AvgIpc) is 3.08. The van der Waals surface area contributed by atoms with Gasteiger partial charge in [-0.25, -0.2) is 14.6 Å². The summed E-state index contributed by atoms with van der Waals surface area (Å²) >= 11 is 1.44. The van der Waals surface area contributed by atoms with Gasteiger partial charge in [-0.1, -0.05) is 17.8 Å². The van der Waals surface area contributed by atoms with Crippen molar-refractivity contribution >= 4 is 17.7 Å². The van der Waals surface area contributed by atoms with Crippen molar-refractivity contribution < 1.29 is 18.0 Å². The van der Waals surface area contributed by atoms with Gasteiger partial charge in [-0.2, -0.15) is 18.3 Å². The number of hydrogen-bond acceptors (Lipinski definition) is 5. The van der Waals surface area contributed by atoms with Gasteiger partial charge in [0.05, 0.1) is 16.9 Å². The number of aryl methyl sites for hydroxylation is 4. The molecule has 0 radical (unpaired) electrons. The van der Waals surface area contributed by atoms with Crippen molar-refractivity contribution in [1.82, 2.24) is 25.1 Å². The standard InChI is InChI=1S/C23H26F3N5OS/c1-13-10-14(2)31(30-13)18-7-6-17(20(11-18)23(24,25)26)12-27-21(32)9-8-19-15(3)28-22(33-5)29-16(19)4/h6-7,10-11H,8-9,12H2,1-5H3,(H,27,32). The molecule has 0 atom stereocenters. The van der Waals surface area contributed by atoms with Crippen LogP contribution in [0.1, 0.15) is 45.9 Å². The molecule has 0 saturated carbocycles. The molecule has 3 aromatic rings. The zero-order chi connectivity index (χ0) is 24.3. The smallest absolute Gasteiger partial charge is 0.352 e. The zero-order valence-corrected chi connectivity index (χ0v) is 20.0. The molecule has 1 aromatic carbocycles. The molecule has 0 spiro atoms. The van der Waals surface area contributed by atoms with E-state index in [0.717, 1.165) is 34.4 Å². The second kappa shape index (κ2) is 9.94. The third-order valence-electron chi connectivity index (χ3n) is 5.31. The molecule has 6 nitrogen and oxygen atoms in total. The van der Waals surface area contributed by atoms with E-state index in [-0.39, 0.29) is 24.4 Å². The van der Waals surface area contributed by atoms with Crippen molar-refractivity contribution in [1.29, 1.82) is 0 Å². The van der Waals surface area contributed by atoms with E-state index < -0.39 is 11.7 Å². The number of amides is 1. The van der Waals surface area contributed by atoms with Gasteiger partial charge < -0.3 is 5.32 Å². The third kappa shape index (κ3) is 5.93. The van der Waals surface area contributed by atoms with Crippen LogP contribution in [0.4, 0.5) is 13.2 Å². The number of alkyl halides is 3. The number of carbonyl (C=O) groups excluding carboxylic acids is 1. The number of carbonyl (C=O) groups is 1. The molecule has 3 rings (SSSR count). The first-order chi connectivity index (χ1) is 15.5. The van der Waals surface area contributed by atoms with E-state index in [1.807, 2.05) is 20.1 Å². The van der Waals surface area contributed by atoms with E-state index in [2.05, 4.69) is 20.4 Å². The van der Waals surface area contributed by atoms with Crippen LogP contribution in [0.3, 0.4) is 0 Å². The fourth-order valence-electron chi connectivity index (χ4n) is 3.69. The predicted molar refractivity (Wildman–Crippen MR) is 121 cm³/mol.